The van der Waals surface area contributed by atoms with Crippen molar-refractivity contribution < 1.29 is 9.53 Å². The molecule has 1 aromatic heterocycles. The van der Waals surface area contributed by atoms with Crippen molar-refractivity contribution in [1.29, 1.82) is 0 Å². The Morgan fingerprint density at radius 3 is 2.79 bits per heavy atom. The van der Waals surface area contributed by atoms with Gasteiger partial charge in [0, 0.05) is 11.8 Å². The van der Waals surface area contributed by atoms with Crippen LogP contribution >= 0.6 is 0 Å². The number of alkyl carbamates (subject to hydrolysis) is 1. The van der Waals surface area contributed by atoms with Gasteiger partial charge in [-0.1, -0.05) is 12.1 Å². The number of ether oxygens (including phenoxy) is 1. The second-order valence-electron chi connectivity index (χ2n) is 7.14. The molecule has 1 heterocycles. The molecule has 1 atom stereocenters. The minimum Gasteiger partial charge on any atom is -0.444 e. The predicted molar refractivity (Wildman–Crippen MR) is 92.6 cm³/mol. The molecule has 0 saturated carbocycles. The SMILES string of the molecule is Cc1nccc(-c2ccc3c(c2)CCC3NC(=O)OC(C)(C)C)n1. The van der Waals surface area contributed by atoms with Gasteiger partial charge in [-0.05, 0) is 63.8 Å². The van der Waals surface area contributed by atoms with Gasteiger partial charge in [-0.15, -0.1) is 0 Å². The summed E-state index contributed by atoms with van der Waals surface area (Å²) < 4.78 is 5.35. The van der Waals surface area contributed by atoms with Crippen LogP contribution in [0.5, 0.6) is 0 Å². The number of aryl methyl sites for hydroxylation is 2. The molecule has 5 heteroatoms. The fraction of sp³-hybridized carbons (Fsp3) is 0.421. The van der Waals surface area contributed by atoms with Crippen molar-refractivity contribution in [2.45, 2.75) is 52.2 Å². The zero-order valence-electron chi connectivity index (χ0n) is 14.6. The van der Waals surface area contributed by atoms with E-state index in [-0.39, 0.29) is 12.1 Å². The Kier molecular flexibility index (Phi) is 4.26. The molecule has 1 N–H and O–H groups in total. The molecule has 1 amide bonds. The van der Waals surface area contributed by atoms with Gasteiger partial charge < -0.3 is 10.1 Å². The highest BCUT2D eigenvalue weighted by Gasteiger charge is 2.26. The van der Waals surface area contributed by atoms with Crippen LogP contribution in [0.25, 0.3) is 11.3 Å². The second-order valence-corrected chi connectivity index (χ2v) is 7.14. The molecule has 1 aromatic carbocycles. The number of amides is 1. The summed E-state index contributed by atoms with van der Waals surface area (Å²) in [4.78, 5) is 20.6. The monoisotopic (exact) mass is 325 g/mol. The zero-order valence-corrected chi connectivity index (χ0v) is 14.6. The van der Waals surface area contributed by atoms with Crippen LogP contribution in [0, 0.1) is 6.92 Å². The number of benzene rings is 1. The first kappa shape index (κ1) is 16.4. The fourth-order valence-corrected chi connectivity index (χ4v) is 2.99. The molecule has 0 saturated heterocycles. The van der Waals surface area contributed by atoms with E-state index in [1.54, 1.807) is 6.20 Å². The number of aromatic nitrogens is 2. The Bertz CT molecular complexity index is 765. The summed E-state index contributed by atoms with van der Waals surface area (Å²) in [7, 11) is 0. The van der Waals surface area contributed by atoms with Crippen molar-refractivity contribution in [3.8, 4) is 11.3 Å². The second kappa shape index (κ2) is 6.23. The lowest BCUT2D eigenvalue weighted by atomic mass is 10.0. The van der Waals surface area contributed by atoms with Crippen molar-refractivity contribution >= 4 is 6.09 Å². The van der Waals surface area contributed by atoms with Gasteiger partial charge in [0.05, 0.1) is 11.7 Å². The third-order valence-corrected chi connectivity index (χ3v) is 3.98. The summed E-state index contributed by atoms with van der Waals surface area (Å²) in [6.07, 6.45) is 3.24. The highest BCUT2D eigenvalue weighted by Crippen LogP contribution is 2.34. The molecule has 0 aliphatic heterocycles. The first-order valence-corrected chi connectivity index (χ1v) is 8.24. The van der Waals surface area contributed by atoms with Crippen molar-refractivity contribution in [3.63, 3.8) is 0 Å². The number of nitrogens with one attached hydrogen (secondary N) is 1. The van der Waals surface area contributed by atoms with Gasteiger partial charge in [0.1, 0.15) is 11.4 Å². The fourth-order valence-electron chi connectivity index (χ4n) is 2.99. The first-order chi connectivity index (χ1) is 11.3. The highest BCUT2D eigenvalue weighted by atomic mass is 16.6. The third-order valence-electron chi connectivity index (χ3n) is 3.98. The molecule has 0 radical (unpaired) electrons. The smallest absolute Gasteiger partial charge is 0.408 e. The largest absolute Gasteiger partial charge is 0.444 e. The highest BCUT2D eigenvalue weighted by molar-refractivity contribution is 5.69. The summed E-state index contributed by atoms with van der Waals surface area (Å²) in [5, 5.41) is 2.97. The van der Waals surface area contributed by atoms with Crippen LogP contribution in [0.4, 0.5) is 4.79 Å². The first-order valence-electron chi connectivity index (χ1n) is 8.24. The maximum absolute atomic E-state index is 12.0. The van der Waals surface area contributed by atoms with Gasteiger partial charge in [-0.2, -0.15) is 0 Å². The van der Waals surface area contributed by atoms with Crippen LogP contribution in [0.2, 0.25) is 0 Å². The van der Waals surface area contributed by atoms with Gasteiger partial charge >= 0.3 is 6.09 Å². The van der Waals surface area contributed by atoms with Crippen molar-refractivity contribution in [1.82, 2.24) is 15.3 Å². The van der Waals surface area contributed by atoms with Crippen molar-refractivity contribution in [2.75, 3.05) is 0 Å². The van der Waals surface area contributed by atoms with Crippen LogP contribution in [0.15, 0.2) is 30.5 Å². The van der Waals surface area contributed by atoms with Crippen molar-refractivity contribution in [2.24, 2.45) is 0 Å². The standard InChI is InChI=1S/C19H23N3O2/c1-12-20-10-9-16(21-12)14-5-7-15-13(11-14)6-8-17(15)22-18(23)24-19(2,3)4/h5,7,9-11,17H,6,8H2,1-4H3,(H,22,23). The Labute approximate surface area is 142 Å². The minimum absolute atomic E-state index is 0.0102. The molecule has 2 aromatic rings. The molecule has 126 valence electrons. The normalized spacial score (nSPS) is 16.6. The molecule has 3 rings (SSSR count). The molecule has 1 aliphatic carbocycles. The maximum atomic E-state index is 12.0. The Morgan fingerprint density at radius 1 is 1.29 bits per heavy atom. The molecular formula is C19H23N3O2. The van der Waals surface area contributed by atoms with E-state index in [0.717, 1.165) is 35.5 Å². The minimum atomic E-state index is -0.486. The number of carbonyl (C=O) groups is 1. The molecule has 0 bridgehead atoms. The topological polar surface area (TPSA) is 64.1 Å². The number of rotatable bonds is 2. The maximum Gasteiger partial charge on any atom is 0.408 e. The lowest BCUT2D eigenvalue weighted by Crippen LogP contribution is -2.34. The number of nitrogens with zero attached hydrogens (tertiary/aromatic N) is 2. The molecule has 1 aliphatic rings. The van der Waals surface area contributed by atoms with E-state index in [4.69, 9.17) is 4.74 Å². The van der Waals surface area contributed by atoms with E-state index in [0.29, 0.717) is 0 Å². The quantitative estimate of drug-likeness (QED) is 0.907. The zero-order chi connectivity index (χ0) is 17.3. The number of hydrogen-bond acceptors (Lipinski definition) is 4. The third kappa shape index (κ3) is 3.72. The summed E-state index contributed by atoms with van der Waals surface area (Å²) in [5.74, 6) is 0.762. The Balaban J connectivity index is 1.77. The van der Waals surface area contributed by atoms with Crippen LogP contribution in [-0.4, -0.2) is 21.7 Å². The number of fused-ring (bicyclic) bond motifs is 1. The average Bonchev–Trinajstić information content (AvgIpc) is 2.87. The summed E-state index contributed by atoms with van der Waals surface area (Å²) >= 11 is 0. The van der Waals surface area contributed by atoms with Gasteiger partial charge in [-0.25, -0.2) is 14.8 Å². The van der Waals surface area contributed by atoms with Crippen LogP contribution in [0.1, 0.15) is 50.2 Å². The van der Waals surface area contributed by atoms with Crippen LogP contribution in [0.3, 0.4) is 0 Å². The van der Waals surface area contributed by atoms with E-state index in [2.05, 4.69) is 33.5 Å². The molecule has 5 nitrogen and oxygen atoms in total. The van der Waals surface area contributed by atoms with Gasteiger partial charge in [0.15, 0.2) is 0 Å². The summed E-state index contributed by atoms with van der Waals surface area (Å²) in [6, 6.07) is 8.22. The van der Waals surface area contributed by atoms with Gasteiger partial charge in [-0.3, -0.25) is 0 Å². The number of hydrogen-bond donors (Lipinski definition) is 1. The predicted octanol–water partition coefficient (Wildman–Crippen LogP) is 3.96. The van der Waals surface area contributed by atoms with Crippen LogP contribution in [-0.2, 0) is 11.2 Å². The molecule has 1 unspecified atom stereocenters. The lowest BCUT2D eigenvalue weighted by Gasteiger charge is -2.22. The molecular weight excluding hydrogens is 302 g/mol. The van der Waals surface area contributed by atoms with E-state index in [1.807, 2.05) is 33.8 Å². The van der Waals surface area contributed by atoms with E-state index >= 15 is 0 Å². The van der Waals surface area contributed by atoms with E-state index in [9.17, 15) is 4.79 Å². The summed E-state index contributed by atoms with van der Waals surface area (Å²) in [5.41, 5.74) is 3.94. The average molecular weight is 325 g/mol. The molecule has 0 fully saturated rings. The van der Waals surface area contributed by atoms with Crippen molar-refractivity contribution in [3.05, 3.63) is 47.4 Å². The molecule has 24 heavy (non-hydrogen) atoms. The number of carbonyl (C=O) groups excluding carboxylic acids is 1. The van der Waals surface area contributed by atoms with E-state index in [1.165, 1.54) is 5.56 Å². The van der Waals surface area contributed by atoms with E-state index < -0.39 is 5.60 Å². The van der Waals surface area contributed by atoms with Gasteiger partial charge in [0.25, 0.3) is 0 Å². The molecule has 0 spiro atoms. The van der Waals surface area contributed by atoms with Crippen LogP contribution < -0.4 is 5.32 Å². The Hall–Kier alpha value is -2.43. The lowest BCUT2D eigenvalue weighted by molar-refractivity contribution is 0.0503. The summed E-state index contributed by atoms with van der Waals surface area (Å²) in [6.45, 7) is 7.49. The Morgan fingerprint density at radius 2 is 2.08 bits per heavy atom. The van der Waals surface area contributed by atoms with Gasteiger partial charge in [0.2, 0.25) is 0 Å².